The molecule has 1 aliphatic carbocycles. The van der Waals surface area contributed by atoms with Crippen LogP contribution in [-0.2, 0) is 10.2 Å². The summed E-state index contributed by atoms with van der Waals surface area (Å²) in [6, 6.07) is 16.6. The molecule has 6 rings (SSSR count). The van der Waals surface area contributed by atoms with Gasteiger partial charge >= 0.3 is 0 Å². The highest BCUT2D eigenvalue weighted by Gasteiger charge is 2.48. The predicted molar refractivity (Wildman–Crippen MR) is 144 cm³/mol. The van der Waals surface area contributed by atoms with Gasteiger partial charge in [0.2, 0.25) is 11.9 Å². The number of halogens is 1. The van der Waals surface area contributed by atoms with Gasteiger partial charge in [-0.25, -0.2) is 9.37 Å². The smallest absolute Gasteiger partial charge is 0.250 e. The number of fused-ring (bicyclic) bond motifs is 2. The molecule has 9 heteroatoms. The number of carbonyl (C=O) groups excluding carboxylic acids is 1. The second-order valence-corrected chi connectivity index (χ2v) is 9.45. The monoisotopic (exact) mass is 508 g/mol. The highest BCUT2D eigenvalue weighted by molar-refractivity contribution is 6.03. The first-order valence-corrected chi connectivity index (χ1v) is 12.4. The topological polar surface area (TPSA) is 92.3 Å². The maximum Gasteiger partial charge on any atom is 0.250 e. The van der Waals surface area contributed by atoms with E-state index in [-0.39, 0.29) is 23.1 Å². The zero-order chi connectivity index (χ0) is 26.1. The Bertz CT molecular complexity index is 1510. The highest BCUT2D eigenvalue weighted by Crippen LogP contribution is 2.53. The van der Waals surface area contributed by atoms with Gasteiger partial charge in [-0.3, -0.25) is 9.78 Å². The van der Waals surface area contributed by atoms with E-state index in [0.717, 1.165) is 36.7 Å². The van der Waals surface area contributed by atoms with Crippen molar-refractivity contribution in [3.8, 4) is 11.5 Å². The largest absolute Gasteiger partial charge is 0.456 e. The molecule has 38 heavy (non-hydrogen) atoms. The van der Waals surface area contributed by atoms with E-state index in [0.29, 0.717) is 29.4 Å². The van der Waals surface area contributed by atoms with Crippen molar-refractivity contribution in [3.63, 3.8) is 0 Å². The van der Waals surface area contributed by atoms with E-state index in [1.807, 2.05) is 36.4 Å². The zero-order valence-electron chi connectivity index (χ0n) is 20.5. The number of benzene rings is 2. The molecule has 0 atom stereocenters. The first-order chi connectivity index (χ1) is 18.5. The molecule has 1 amide bonds. The lowest BCUT2D eigenvalue weighted by atomic mass is 9.66. The SMILES string of the molecule is C=CC(=O)N1CC2(CCC2)c2ccc(Nc3nc(Nc4ccc(Oc5cccnc5)cc4)ncc3F)cc21. The average Bonchev–Trinajstić information content (AvgIpc) is 3.27. The van der Waals surface area contributed by atoms with Crippen LogP contribution >= 0.6 is 0 Å². The fraction of sp³-hybridized carbons (Fsp3) is 0.172. The number of pyridine rings is 1. The van der Waals surface area contributed by atoms with Crippen molar-refractivity contribution in [1.29, 1.82) is 0 Å². The number of ether oxygens (including phenoxy) is 1. The van der Waals surface area contributed by atoms with Crippen molar-refractivity contribution in [2.24, 2.45) is 0 Å². The van der Waals surface area contributed by atoms with Gasteiger partial charge in [0.05, 0.1) is 12.4 Å². The van der Waals surface area contributed by atoms with Crippen molar-refractivity contribution in [1.82, 2.24) is 15.0 Å². The third-order valence-electron chi connectivity index (χ3n) is 7.06. The van der Waals surface area contributed by atoms with Crippen LogP contribution in [0, 0.1) is 5.82 Å². The minimum atomic E-state index is -0.592. The summed E-state index contributed by atoms with van der Waals surface area (Å²) < 4.78 is 20.4. The number of nitrogens with one attached hydrogen (secondary N) is 2. The molecule has 0 saturated heterocycles. The standard InChI is InChI=1S/C29H25FN6O2/c1-2-26(37)36-18-29(12-4-13-29)23-11-8-20(15-25(23)36)33-27-24(30)17-32-28(35-27)34-19-6-9-21(10-7-19)38-22-5-3-14-31-16-22/h2-3,5-11,14-17H,1,4,12-13,18H2,(H2,32,33,34,35). The Morgan fingerprint density at radius 1 is 1.05 bits per heavy atom. The summed E-state index contributed by atoms with van der Waals surface area (Å²) in [6.45, 7) is 4.30. The third kappa shape index (κ3) is 4.43. The summed E-state index contributed by atoms with van der Waals surface area (Å²) in [5, 5.41) is 6.13. The second kappa shape index (κ2) is 9.59. The van der Waals surface area contributed by atoms with Crippen LogP contribution in [0.2, 0.25) is 0 Å². The van der Waals surface area contributed by atoms with Crippen LogP contribution < -0.4 is 20.3 Å². The first kappa shape index (κ1) is 23.6. The maximum atomic E-state index is 14.7. The van der Waals surface area contributed by atoms with Gasteiger partial charge in [-0.15, -0.1) is 0 Å². The summed E-state index contributed by atoms with van der Waals surface area (Å²) in [5.41, 5.74) is 3.35. The van der Waals surface area contributed by atoms with Crippen molar-refractivity contribution < 1.29 is 13.9 Å². The highest BCUT2D eigenvalue weighted by atomic mass is 19.1. The molecule has 1 aliphatic heterocycles. The summed E-state index contributed by atoms with van der Waals surface area (Å²) in [4.78, 5) is 26.7. The molecular formula is C29H25FN6O2. The minimum absolute atomic E-state index is 0.0162. The normalized spacial score (nSPS) is 14.9. The quantitative estimate of drug-likeness (QED) is 0.285. The van der Waals surface area contributed by atoms with Crippen LogP contribution in [-0.4, -0.2) is 27.4 Å². The molecule has 1 saturated carbocycles. The van der Waals surface area contributed by atoms with Crippen LogP contribution in [0.3, 0.4) is 0 Å². The number of hydrogen-bond acceptors (Lipinski definition) is 7. The van der Waals surface area contributed by atoms with Gasteiger partial charge in [0.25, 0.3) is 0 Å². The Kier molecular flexibility index (Phi) is 5.95. The summed E-state index contributed by atoms with van der Waals surface area (Å²) in [7, 11) is 0. The molecule has 1 fully saturated rings. The van der Waals surface area contributed by atoms with E-state index < -0.39 is 5.82 Å². The van der Waals surface area contributed by atoms with Crippen LogP contribution in [0.5, 0.6) is 11.5 Å². The molecule has 4 aromatic rings. The van der Waals surface area contributed by atoms with E-state index in [2.05, 4.69) is 32.2 Å². The predicted octanol–water partition coefficient (Wildman–Crippen LogP) is 6.24. The summed E-state index contributed by atoms with van der Waals surface area (Å²) in [6.07, 6.45) is 9.02. The molecule has 0 radical (unpaired) electrons. The molecule has 2 aromatic heterocycles. The van der Waals surface area contributed by atoms with Gasteiger partial charge in [-0.05, 0) is 73.0 Å². The van der Waals surface area contributed by atoms with Gasteiger partial charge < -0.3 is 20.3 Å². The second-order valence-electron chi connectivity index (χ2n) is 9.45. The van der Waals surface area contributed by atoms with Gasteiger partial charge in [-0.2, -0.15) is 4.98 Å². The van der Waals surface area contributed by atoms with Crippen LogP contribution in [0.4, 0.5) is 33.2 Å². The minimum Gasteiger partial charge on any atom is -0.456 e. The number of anilines is 5. The lowest BCUT2D eigenvalue weighted by Crippen LogP contribution is -2.40. The van der Waals surface area contributed by atoms with E-state index in [9.17, 15) is 9.18 Å². The molecule has 8 nitrogen and oxygen atoms in total. The van der Waals surface area contributed by atoms with Gasteiger partial charge in [0.15, 0.2) is 11.6 Å². The maximum absolute atomic E-state index is 14.7. The van der Waals surface area contributed by atoms with Crippen molar-refractivity contribution >= 4 is 34.7 Å². The van der Waals surface area contributed by atoms with Crippen molar-refractivity contribution in [2.75, 3.05) is 22.1 Å². The first-order valence-electron chi connectivity index (χ1n) is 12.4. The molecule has 0 bridgehead atoms. The Labute approximate surface area is 219 Å². The van der Waals surface area contributed by atoms with E-state index >= 15 is 0 Å². The summed E-state index contributed by atoms with van der Waals surface area (Å²) in [5.74, 6) is 0.812. The molecule has 3 heterocycles. The number of hydrogen-bond donors (Lipinski definition) is 2. The number of rotatable bonds is 7. The molecular weight excluding hydrogens is 483 g/mol. The Morgan fingerprint density at radius 3 is 2.58 bits per heavy atom. The zero-order valence-corrected chi connectivity index (χ0v) is 20.5. The van der Waals surface area contributed by atoms with E-state index in [1.165, 1.54) is 6.08 Å². The average molecular weight is 509 g/mol. The lowest BCUT2D eigenvalue weighted by Gasteiger charge is -2.38. The Morgan fingerprint density at radius 2 is 1.87 bits per heavy atom. The third-order valence-corrected chi connectivity index (χ3v) is 7.06. The van der Waals surface area contributed by atoms with Gasteiger partial charge in [0.1, 0.15) is 11.5 Å². The van der Waals surface area contributed by atoms with Crippen LogP contribution in [0.15, 0.2) is 85.8 Å². The Balaban J connectivity index is 1.19. The summed E-state index contributed by atoms with van der Waals surface area (Å²) >= 11 is 0. The fourth-order valence-corrected chi connectivity index (χ4v) is 5.02. The number of nitrogens with zero attached hydrogens (tertiary/aromatic N) is 4. The number of carbonyl (C=O) groups is 1. The molecule has 1 spiro atoms. The van der Waals surface area contributed by atoms with Crippen molar-refractivity contribution in [2.45, 2.75) is 24.7 Å². The van der Waals surface area contributed by atoms with E-state index in [1.54, 1.807) is 35.5 Å². The van der Waals surface area contributed by atoms with E-state index in [4.69, 9.17) is 4.74 Å². The molecule has 0 unspecified atom stereocenters. The van der Waals surface area contributed by atoms with Crippen molar-refractivity contribution in [3.05, 3.63) is 97.2 Å². The molecule has 2 aromatic carbocycles. The lowest BCUT2D eigenvalue weighted by molar-refractivity contribution is -0.114. The van der Waals surface area contributed by atoms with Crippen LogP contribution in [0.25, 0.3) is 0 Å². The van der Waals surface area contributed by atoms with Crippen LogP contribution in [0.1, 0.15) is 24.8 Å². The fourth-order valence-electron chi connectivity index (χ4n) is 5.02. The number of amides is 1. The number of aromatic nitrogens is 3. The molecule has 2 N–H and O–H groups in total. The van der Waals surface area contributed by atoms with Gasteiger partial charge in [0, 0.05) is 35.2 Å². The molecule has 2 aliphatic rings. The Hall–Kier alpha value is -4.79. The van der Waals surface area contributed by atoms with Gasteiger partial charge in [-0.1, -0.05) is 19.1 Å². The molecule has 190 valence electrons.